The van der Waals surface area contributed by atoms with Crippen molar-refractivity contribution in [2.75, 3.05) is 33.3 Å². The maximum Gasteiger partial charge on any atom is 0.342 e. The Morgan fingerprint density at radius 1 is 1.14 bits per heavy atom. The van der Waals surface area contributed by atoms with E-state index in [-0.39, 0.29) is 24.3 Å². The Bertz CT molecular complexity index is 983. The summed E-state index contributed by atoms with van der Waals surface area (Å²) in [5, 5.41) is 5.02. The van der Waals surface area contributed by atoms with Crippen LogP contribution in [0.3, 0.4) is 0 Å². The van der Waals surface area contributed by atoms with Gasteiger partial charge in [0.1, 0.15) is 12.7 Å². The van der Waals surface area contributed by atoms with Gasteiger partial charge in [-0.2, -0.15) is 18.4 Å². The first kappa shape index (κ1) is 21.7. The summed E-state index contributed by atoms with van der Waals surface area (Å²) in [5.41, 5.74) is -0.423. The standard InChI is InChI=1S/C14H18N6O8S/c1-5-28-12(21)8-7-15-20(27-4)11(8)29(23,24)19-14(22)18-13-16-9(25-2)6-10(17-13)26-3/h6-7H,5H2,1-4H3,(H2,16,17,18,19,22). The van der Waals surface area contributed by atoms with Gasteiger partial charge in [-0.25, -0.2) is 14.3 Å². The summed E-state index contributed by atoms with van der Waals surface area (Å²) in [4.78, 5) is 37.2. The van der Waals surface area contributed by atoms with Crippen molar-refractivity contribution >= 4 is 28.0 Å². The van der Waals surface area contributed by atoms with Crippen molar-refractivity contribution in [2.45, 2.75) is 11.9 Å². The molecule has 0 aliphatic heterocycles. The quantitative estimate of drug-likeness (QED) is 0.514. The number of carbonyl (C=O) groups excluding carboxylic acids is 2. The zero-order valence-corrected chi connectivity index (χ0v) is 16.6. The molecule has 0 saturated heterocycles. The molecule has 0 bridgehead atoms. The van der Waals surface area contributed by atoms with Crippen LogP contribution in [0.5, 0.6) is 11.8 Å². The average Bonchev–Trinajstić information content (AvgIpc) is 3.12. The monoisotopic (exact) mass is 430 g/mol. The summed E-state index contributed by atoms with van der Waals surface area (Å²) in [6.07, 6.45) is 0.935. The Hall–Kier alpha value is -3.62. The van der Waals surface area contributed by atoms with E-state index >= 15 is 0 Å². The van der Waals surface area contributed by atoms with E-state index in [0.29, 0.717) is 4.85 Å². The Kier molecular flexibility index (Phi) is 6.76. The molecule has 0 radical (unpaired) electrons. The lowest BCUT2D eigenvalue weighted by atomic mass is 10.4. The molecule has 2 rings (SSSR count). The third kappa shape index (κ3) is 5.01. The highest BCUT2D eigenvalue weighted by atomic mass is 32.2. The molecule has 0 aliphatic rings. The third-order valence-corrected chi connectivity index (χ3v) is 4.51. The lowest BCUT2D eigenvalue weighted by Gasteiger charge is -2.11. The number of ether oxygens (including phenoxy) is 3. The van der Waals surface area contributed by atoms with Crippen molar-refractivity contribution in [2.24, 2.45) is 0 Å². The van der Waals surface area contributed by atoms with Crippen LogP contribution in [0.15, 0.2) is 17.3 Å². The van der Waals surface area contributed by atoms with Crippen LogP contribution in [-0.4, -0.2) is 68.3 Å². The van der Waals surface area contributed by atoms with Gasteiger partial charge in [0.05, 0.1) is 33.1 Å². The number of rotatable bonds is 8. The van der Waals surface area contributed by atoms with Gasteiger partial charge in [0, 0.05) is 0 Å². The van der Waals surface area contributed by atoms with Gasteiger partial charge in [-0.05, 0) is 6.92 Å². The second kappa shape index (κ2) is 9.05. The lowest BCUT2D eigenvalue weighted by molar-refractivity contribution is 0.0513. The fourth-order valence-corrected chi connectivity index (χ4v) is 3.16. The first-order valence-electron chi connectivity index (χ1n) is 7.86. The van der Waals surface area contributed by atoms with E-state index in [1.54, 1.807) is 11.6 Å². The maximum absolute atomic E-state index is 12.6. The van der Waals surface area contributed by atoms with Gasteiger partial charge in [-0.3, -0.25) is 5.32 Å². The SMILES string of the molecule is CCOC(=O)c1cnn(OC)c1S(=O)(=O)NC(=O)Nc1nc(OC)cc(OC)n1. The predicted molar refractivity (Wildman–Crippen MR) is 95.2 cm³/mol. The first-order valence-corrected chi connectivity index (χ1v) is 9.34. The molecule has 2 aromatic rings. The van der Waals surface area contributed by atoms with Gasteiger partial charge < -0.3 is 19.0 Å². The summed E-state index contributed by atoms with van der Waals surface area (Å²) >= 11 is 0. The molecule has 0 spiro atoms. The number of sulfonamides is 1. The molecule has 29 heavy (non-hydrogen) atoms. The topological polar surface area (TPSA) is 173 Å². The number of esters is 1. The maximum atomic E-state index is 12.6. The second-order valence-electron chi connectivity index (χ2n) is 4.98. The molecule has 15 heteroatoms. The summed E-state index contributed by atoms with van der Waals surface area (Å²) < 4.78 is 41.6. The number of aromatic nitrogens is 4. The molecule has 2 amide bonds. The molecular formula is C14H18N6O8S. The number of hydrogen-bond acceptors (Lipinski definition) is 11. The Morgan fingerprint density at radius 2 is 1.76 bits per heavy atom. The molecule has 14 nitrogen and oxygen atoms in total. The number of anilines is 1. The minimum Gasteiger partial charge on any atom is -0.481 e. The molecule has 2 aromatic heterocycles. The molecule has 0 aliphatic carbocycles. The zero-order chi connectivity index (χ0) is 21.6. The van der Waals surface area contributed by atoms with Crippen LogP contribution < -0.4 is 24.4 Å². The minimum absolute atomic E-state index is 0.000586. The van der Waals surface area contributed by atoms with E-state index in [1.807, 2.05) is 0 Å². The Morgan fingerprint density at radius 3 is 2.28 bits per heavy atom. The van der Waals surface area contributed by atoms with Crippen LogP contribution in [0, 0.1) is 0 Å². The van der Waals surface area contributed by atoms with Gasteiger partial charge in [-0.15, -0.1) is 5.10 Å². The van der Waals surface area contributed by atoms with E-state index in [4.69, 9.17) is 19.0 Å². The van der Waals surface area contributed by atoms with Crippen LogP contribution in [0.25, 0.3) is 0 Å². The minimum atomic E-state index is -4.61. The van der Waals surface area contributed by atoms with Crippen molar-refractivity contribution in [1.29, 1.82) is 0 Å². The predicted octanol–water partition coefficient (Wildman–Crippen LogP) is -0.564. The van der Waals surface area contributed by atoms with Crippen LogP contribution in [0.2, 0.25) is 0 Å². The summed E-state index contributed by atoms with van der Waals surface area (Å²) in [6, 6.07) is 0.127. The number of nitrogens with zero attached hydrogens (tertiary/aromatic N) is 4. The molecule has 0 unspecified atom stereocenters. The van der Waals surface area contributed by atoms with Gasteiger partial charge in [0.2, 0.25) is 22.7 Å². The third-order valence-electron chi connectivity index (χ3n) is 3.17. The summed E-state index contributed by atoms with van der Waals surface area (Å²) in [6.45, 7) is 1.54. The average molecular weight is 430 g/mol. The number of nitrogens with one attached hydrogen (secondary N) is 2. The van der Waals surface area contributed by atoms with E-state index in [2.05, 4.69) is 20.4 Å². The van der Waals surface area contributed by atoms with Gasteiger partial charge in [0.25, 0.3) is 10.0 Å². The number of urea groups is 1. The largest absolute Gasteiger partial charge is 0.481 e. The zero-order valence-electron chi connectivity index (χ0n) is 15.8. The Balaban J connectivity index is 2.29. The van der Waals surface area contributed by atoms with E-state index in [0.717, 1.165) is 13.3 Å². The van der Waals surface area contributed by atoms with Crippen LogP contribution in [-0.2, 0) is 14.8 Å². The number of hydrogen-bond donors (Lipinski definition) is 2. The van der Waals surface area contributed by atoms with Crippen molar-refractivity contribution in [3.63, 3.8) is 0 Å². The number of carbonyl (C=O) groups is 2. The fourth-order valence-electron chi connectivity index (χ4n) is 2.01. The first-order chi connectivity index (χ1) is 13.7. The van der Waals surface area contributed by atoms with E-state index in [1.165, 1.54) is 20.3 Å². The highest BCUT2D eigenvalue weighted by molar-refractivity contribution is 7.90. The van der Waals surface area contributed by atoms with Crippen molar-refractivity contribution in [3.05, 3.63) is 17.8 Å². The summed E-state index contributed by atoms with van der Waals surface area (Å²) in [7, 11) is -0.823. The van der Waals surface area contributed by atoms with Crippen molar-refractivity contribution in [3.8, 4) is 11.8 Å². The summed E-state index contributed by atoms with van der Waals surface area (Å²) in [5.74, 6) is -1.12. The van der Waals surface area contributed by atoms with Crippen LogP contribution in [0.1, 0.15) is 17.3 Å². The van der Waals surface area contributed by atoms with E-state index in [9.17, 15) is 18.0 Å². The molecule has 0 fully saturated rings. The Labute approximate surface area is 165 Å². The van der Waals surface area contributed by atoms with E-state index < -0.39 is 32.6 Å². The molecule has 0 aromatic carbocycles. The molecule has 0 saturated carbocycles. The molecule has 0 atom stereocenters. The number of methoxy groups -OCH3 is 2. The fraction of sp³-hybridized carbons (Fsp3) is 0.357. The normalized spacial score (nSPS) is 10.8. The second-order valence-corrected chi connectivity index (χ2v) is 6.57. The van der Waals surface area contributed by atoms with Crippen molar-refractivity contribution in [1.82, 2.24) is 24.6 Å². The molecule has 2 N–H and O–H groups in total. The highest BCUT2D eigenvalue weighted by Gasteiger charge is 2.32. The van der Waals surface area contributed by atoms with Gasteiger partial charge in [0.15, 0.2) is 0 Å². The molecular weight excluding hydrogens is 412 g/mol. The van der Waals surface area contributed by atoms with Crippen LogP contribution >= 0.6 is 0 Å². The smallest absolute Gasteiger partial charge is 0.342 e. The highest BCUT2D eigenvalue weighted by Crippen LogP contribution is 2.18. The molecule has 2 heterocycles. The van der Waals surface area contributed by atoms with Gasteiger partial charge >= 0.3 is 12.0 Å². The van der Waals surface area contributed by atoms with Gasteiger partial charge in [-0.1, -0.05) is 4.85 Å². The lowest BCUT2D eigenvalue weighted by Crippen LogP contribution is -2.37. The van der Waals surface area contributed by atoms with Crippen LogP contribution in [0.4, 0.5) is 10.7 Å². The van der Waals surface area contributed by atoms with Crippen molar-refractivity contribution < 1.29 is 37.1 Å². The molecule has 158 valence electrons. The number of amides is 2.